The lowest BCUT2D eigenvalue weighted by molar-refractivity contribution is 0.0755. The molecular weight excluding hydrogens is 328 g/mol. The van der Waals surface area contributed by atoms with E-state index in [9.17, 15) is 4.79 Å². The van der Waals surface area contributed by atoms with E-state index in [1.54, 1.807) is 4.90 Å². The van der Waals surface area contributed by atoms with Gasteiger partial charge in [-0.05, 0) is 23.8 Å². The second-order valence-electron chi connectivity index (χ2n) is 6.54. The normalized spacial score (nSPS) is 14.6. The van der Waals surface area contributed by atoms with Crippen LogP contribution in [0.2, 0.25) is 0 Å². The molecule has 5 nitrogen and oxygen atoms in total. The second kappa shape index (κ2) is 7.22. The number of carbonyl (C=O) groups excluding carboxylic acids is 1. The van der Waals surface area contributed by atoms with Crippen LogP contribution in [0, 0.1) is 0 Å². The van der Waals surface area contributed by atoms with Gasteiger partial charge in [-0.25, -0.2) is 0 Å². The van der Waals surface area contributed by atoms with Crippen LogP contribution in [0.15, 0.2) is 59.0 Å². The number of rotatable bonds is 4. The van der Waals surface area contributed by atoms with E-state index >= 15 is 0 Å². The number of benzene rings is 2. The van der Waals surface area contributed by atoms with Crippen LogP contribution in [0.5, 0.6) is 0 Å². The van der Waals surface area contributed by atoms with Gasteiger partial charge < -0.3 is 19.0 Å². The van der Waals surface area contributed by atoms with Gasteiger partial charge in [-0.1, -0.05) is 36.4 Å². The molecule has 26 heavy (non-hydrogen) atoms. The van der Waals surface area contributed by atoms with Gasteiger partial charge in [0.25, 0.3) is 5.91 Å². The van der Waals surface area contributed by atoms with Gasteiger partial charge in [0.1, 0.15) is 5.58 Å². The number of carbonyl (C=O) groups is 1. The summed E-state index contributed by atoms with van der Waals surface area (Å²) >= 11 is 0. The molecule has 0 spiro atoms. The Morgan fingerprint density at radius 1 is 1.08 bits per heavy atom. The number of amides is 1. The summed E-state index contributed by atoms with van der Waals surface area (Å²) in [5.41, 5.74) is 3.03. The first kappa shape index (κ1) is 16.7. The van der Waals surface area contributed by atoms with Gasteiger partial charge in [-0.15, -0.1) is 0 Å². The van der Waals surface area contributed by atoms with E-state index in [1.807, 2.05) is 49.5 Å². The summed E-state index contributed by atoms with van der Waals surface area (Å²) in [4.78, 5) is 16.8. The molecule has 0 radical (unpaired) electrons. The molecule has 3 aromatic rings. The standard InChI is InChI=1S/C21H22N2O3/c1-22(21(24)20-14-16-6-3-5-9-19(16)26-20)15-17-7-2-4-8-18(17)23-10-12-25-13-11-23/h2-9,14H,10-13,15H2,1H3. The molecule has 5 heteroatoms. The highest BCUT2D eigenvalue weighted by molar-refractivity contribution is 5.96. The van der Waals surface area contributed by atoms with Crippen molar-refractivity contribution in [3.8, 4) is 0 Å². The fourth-order valence-electron chi connectivity index (χ4n) is 3.36. The molecule has 4 rings (SSSR count). The van der Waals surface area contributed by atoms with Crippen LogP contribution in [0.3, 0.4) is 0 Å². The van der Waals surface area contributed by atoms with Crippen molar-refractivity contribution in [3.63, 3.8) is 0 Å². The predicted octanol–water partition coefficient (Wildman–Crippen LogP) is 3.54. The minimum atomic E-state index is -0.113. The van der Waals surface area contributed by atoms with Crippen LogP contribution in [-0.4, -0.2) is 44.2 Å². The van der Waals surface area contributed by atoms with Gasteiger partial charge in [0, 0.05) is 37.8 Å². The molecule has 1 saturated heterocycles. The largest absolute Gasteiger partial charge is 0.451 e. The van der Waals surface area contributed by atoms with E-state index in [1.165, 1.54) is 5.69 Å². The zero-order chi connectivity index (χ0) is 17.9. The minimum Gasteiger partial charge on any atom is -0.451 e. The summed E-state index contributed by atoms with van der Waals surface area (Å²) in [6.07, 6.45) is 0. The van der Waals surface area contributed by atoms with Crippen LogP contribution in [0.1, 0.15) is 16.1 Å². The highest BCUT2D eigenvalue weighted by Crippen LogP contribution is 2.24. The number of hydrogen-bond acceptors (Lipinski definition) is 4. The zero-order valence-corrected chi connectivity index (χ0v) is 14.9. The lowest BCUT2D eigenvalue weighted by Gasteiger charge is -2.31. The maximum absolute atomic E-state index is 12.8. The molecule has 1 aliphatic heterocycles. The number of fused-ring (bicyclic) bond motifs is 1. The number of morpholine rings is 1. The fraction of sp³-hybridized carbons (Fsp3) is 0.286. The van der Waals surface area contributed by atoms with E-state index in [0.717, 1.165) is 42.8 Å². The Morgan fingerprint density at radius 2 is 1.81 bits per heavy atom. The summed E-state index contributed by atoms with van der Waals surface area (Å²) in [5.74, 6) is 0.260. The average Bonchev–Trinajstić information content (AvgIpc) is 3.12. The van der Waals surface area contributed by atoms with Gasteiger partial charge in [0.05, 0.1) is 13.2 Å². The summed E-state index contributed by atoms with van der Waals surface area (Å²) in [6, 6.07) is 17.7. The molecule has 1 fully saturated rings. The van der Waals surface area contributed by atoms with E-state index in [0.29, 0.717) is 12.3 Å². The van der Waals surface area contributed by atoms with Crippen molar-refractivity contribution in [3.05, 3.63) is 65.9 Å². The molecule has 1 aromatic heterocycles. The minimum absolute atomic E-state index is 0.113. The number of furan rings is 1. The Bertz CT molecular complexity index is 879. The summed E-state index contributed by atoms with van der Waals surface area (Å²) in [6.45, 7) is 3.75. The van der Waals surface area contributed by atoms with E-state index in [2.05, 4.69) is 17.0 Å². The van der Waals surface area contributed by atoms with Crippen molar-refractivity contribution in [2.24, 2.45) is 0 Å². The molecule has 1 amide bonds. The van der Waals surface area contributed by atoms with Gasteiger partial charge in [0.2, 0.25) is 0 Å². The smallest absolute Gasteiger partial charge is 0.289 e. The molecule has 2 aromatic carbocycles. The third kappa shape index (κ3) is 3.30. The molecule has 0 atom stereocenters. The van der Waals surface area contributed by atoms with Crippen LogP contribution in [0.25, 0.3) is 11.0 Å². The molecule has 134 valence electrons. The van der Waals surface area contributed by atoms with Crippen molar-refractivity contribution in [1.29, 1.82) is 0 Å². The molecule has 1 aliphatic rings. The number of para-hydroxylation sites is 2. The molecule has 0 bridgehead atoms. The number of nitrogens with zero attached hydrogens (tertiary/aromatic N) is 2. The topological polar surface area (TPSA) is 45.9 Å². The zero-order valence-electron chi connectivity index (χ0n) is 14.9. The van der Waals surface area contributed by atoms with Gasteiger partial charge in [-0.2, -0.15) is 0 Å². The molecular formula is C21H22N2O3. The van der Waals surface area contributed by atoms with Gasteiger partial charge in [0.15, 0.2) is 5.76 Å². The first-order chi connectivity index (χ1) is 12.7. The quantitative estimate of drug-likeness (QED) is 0.722. The second-order valence-corrected chi connectivity index (χ2v) is 6.54. The van der Waals surface area contributed by atoms with Crippen molar-refractivity contribution < 1.29 is 13.9 Å². The lowest BCUT2D eigenvalue weighted by atomic mass is 10.1. The Kier molecular flexibility index (Phi) is 4.63. The number of anilines is 1. The molecule has 0 unspecified atom stereocenters. The Labute approximate surface area is 152 Å². The number of ether oxygens (including phenoxy) is 1. The van der Waals surface area contributed by atoms with Crippen LogP contribution in [-0.2, 0) is 11.3 Å². The molecule has 2 heterocycles. The average molecular weight is 350 g/mol. The monoisotopic (exact) mass is 350 g/mol. The van der Waals surface area contributed by atoms with Crippen LogP contribution >= 0.6 is 0 Å². The van der Waals surface area contributed by atoms with Crippen LogP contribution in [0.4, 0.5) is 5.69 Å². The van der Waals surface area contributed by atoms with Gasteiger partial charge >= 0.3 is 0 Å². The first-order valence-electron chi connectivity index (χ1n) is 8.87. The maximum Gasteiger partial charge on any atom is 0.289 e. The molecule has 0 aliphatic carbocycles. The van der Waals surface area contributed by atoms with Crippen molar-refractivity contribution in [1.82, 2.24) is 4.90 Å². The summed E-state index contributed by atoms with van der Waals surface area (Å²) in [7, 11) is 1.81. The van der Waals surface area contributed by atoms with Crippen molar-refractivity contribution in [2.75, 3.05) is 38.3 Å². The SMILES string of the molecule is CN(Cc1ccccc1N1CCOCC1)C(=O)c1cc2ccccc2o1. The fourth-order valence-corrected chi connectivity index (χ4v) is 3.36. The Balaban J connectivity index is 1.54. The molecule has 0 N–H and O–H groups in total. The van der Waals surface area contributed by atoms with E-state index < -0.39 is 0 Å². The Morgan fingerprint density at radius 3 is 2.62 bits per heavy atom. The van der Waals surface area contributed by atoms with E-state index in [-0.39, 0.29) is 5.91 Å². The van der Waals surface area contributed by atoms with Crippen molar-refractivity contribution >= 4 is 22.6 Å². The Hall–Kier alpha value is -2.79. The third-order valence-electron chi connectivity index (χ3n) is 4.73. The highest BCUT2D eigenvalue weighted by atomic mass is 16.5. The van der Waals surface area contributed by atoms with Crippen LogP contribution < -0.4 is 4.90 Å². The lowest BCUT2D eigenvalue weighted by Crippen LogP contribution is -2.37. The summed E-state index contributed by atoms with van der Waals surface area (Å²) in [5, 5.41) is 0.943. The van der Waals surface area contributed by atoms with Crippen molar-refractivity contribution in [2.45, 2.75) is 6.54 Å². The first-order valence-corrected chi connectivity index (χ1v) is 8.87. The third-order valence-corrected chi connectivity index (χ3v) is 4.73. The summed E-state index contributed by atoms with van der Waals surface area (Å²) < 4.78 is 11.2. The molecule has 0 saturated carbocycles. The van der Waals surface area contributed by atoms with Gasteiger partial charge in [-0.3, -0.25) is 4.79 Å². The number of hydrogen-bond donors (Lipinski definition) is 0. The van der Waals surface area contributed by atoms with E-state index in [4.69, 9.17) is 9.15 Å². The maximum atomic E-state index is 12.8. The predicted molar refractivity (Wildman–Crippen MR) is 101 cm³/mol. The highest BCUT2D eigenvalue weighted by Gasteiger charge is 2.20.